The number of halogens is 1. The summed E-state index contributed by atoms with van der Waals surface area (Å²) in [6.45, 7) is 5.36. The number of nitrogens with zero attached hydrogens (tertiary/aromatic N) is 1. The Morgan fingerprint density at radius 1 is 1.21 bits per heavy atom. The van der Waals surface area contributed by atoms with E-state index in [1.54, 1.807) is 7.11 Å². The van der Waals surface area contributed by atoms with Crippen LogP contribution in [0.15, 0.2) is 48.5 Å². The normalized spacial score (nSPS) is 11.0. The number of amides is 1. The molecule has 0 saturated heterocycles. The first-order valence-electron chi connectivity index (χ1n) is 9.87. The fraction of sp³-hybridized carbons (Fsp3) is 0.375. The van der Waals surface area contributed by atoms with Crippen molar-refractivity contribution in [3.63, 3.8) is 0 Å². The number of para-hydroxylation sites is 1. The second kappa shape index (κ2) is 11.6. The first kappa shape index (κ1) is 22.0. The van der Waals surface area contributed by atoms with Crippen molar-refractivity contribution in [1.29, 1.82) is 0 Å². The van der Waals surface area contributed by atoms with Crippen LogP contribution in [0.5, 0.6) is 5.75 Å². The lowest BCUT2D eigenvalue weighted by Crippen LogP contribution is -2.33. The number of aryl methyl sites for hydroxylation is 1. The molecule has 0 heterocycles. The molecular weight excluding hydrogens is 370 g/mol. The molecule has 0 aliphatic rings. The summed E-state index contributed by atoms with van der Waals surface area (Å²) < 4.78 is 5.39. The number of unbranched alkanes of at least 4 members (excludes halogenated alkanes) is 1. The van der Waals surface area contributed by atoms with E-state index < -0.39 is 0 Å². The third-order valence-corrected chi connectivity index (χ3v) is 5.07. The molecule has 0 fully saturated rings. The van der Waals surface area contributed by atoms with Crippen molar-refractivity contribution in [2.24, 2.45) is 0 Å². The minimum Gasteiger partial charge on any atom is -0.496 e. The van der Waals surface area contributed by atoms with Crippen LogP contribution in [-0.2, 0) is 11.2 Å². The zero-order valence-corrected chi connectivity index (χ0v) is 17.8. The van der Waals surface area contributed by atoms with E-state index in [-0.39, 0.29) is 5.91 Å². The Kier molecular flexibility index (Phi) is 9.09. The number of hydrogen-bond donors (Lipinski definition) is 0. The predicted octanol–water partition coefficient (Wildman–Crippen LogP) is 5.93. The maximum absolute atomic E-state index is 12.7. The van der Waals surface area contributed by atoms with Crippen LogP contribution in [0.25, 0.3) is 6.08 Å². The molecule has 1 amide bonds. The van der Waals surface area contributed by atoms with Gasteiger partial charge in [-0.25, -0.2) is 0 Å². The Morgan fingerprint density at radius 3 is 2.71 bits per heavy atom. The summed E-state index contributed by atoms with van der Waals surface area (Å²) >= 11 is 6.36. The van der Waals surface area contributed by atoms with Gasteiger partial charge >= 0.3 is 0 Å². The van der Waals surface area contributed by atoms with Crippen molar-refractivity contribution in [3.05, 3.63) is 70.3 Å². The molecule has 2 aromatic rings. The first-order chi connectivity index (χ1) is 13.5. The Balaban J connectivity index is 2.06. The number of hydrogen-bond acceptors (Lipinski definition) is 2. The second-order valence-electron chi connectivity index (χ2n) is 6.93. The number of carbonyl (C=O) groups is 1. The van der Waals surface area contributed by atoms with Crippen LogP contribution in [-0.4, -0.2) is 31.0 Å². The maximum Gasteiger partial charge on any atom is 0.222 e. The second-order valence-corrected chi connectivity index (χ2v) is 7.34. The number of rotatable bonds is 10. The highest BCUT2D eigenvalue weighted by Crippen LogP contribution is 2.20. The minimum atomic E-state index is 0.190. The standard InChI is InChI=1S/C24H30ClNO2/c1-4-5-12-24(27)26(17-15-20-14-13-19(2)18-22(20)25)16-8-10-21-9-6-7-11-23(21)28-3/h6-11,13-14,18H,4-5,12,15-17H2,1-3H3/b10-8+. The minimum absolute atomic E-state index is 0.190. The summed E-state index contributed by atoms with van der Waals surface area (Å²) in [5.41, 5.74) is 3.23. The van der Waals surface area contributed by atoms with E-state index in [0.29, 0.717) is 19.5 Å². The van der Waals surface area contributed by atoms with E-state index in [1.165, 1.54) is 0 Å². The molecule has 150 valence electrons. The van der Waals surface area contributed by atoms with Crippen LogP contribution < -0.4 is 4.74 Å². The van der Waals surface area contributed by atoms with Crippen LogP contribution in [0.4, 0.5) is 0 Å². The summed E-state index contributed by atoms with van der Waals surface area (Å²) in [4.78, 5) is 14.6. The molecule has 0 spiro atoms. The van der Waals surface area contributed by atoms with Gasteiger partial charge in [0.05, 0.1) is 7.11 Å². The summed E-state index contributed by atoms with van der Waals surface area (Å²) in [5.74, 6) is 1.02. The molecular formula is C24H30ClNO2. The van der Waals surface area contributed by atoms with Crippen LogP contribution >= 0.6 is 11.6 Å². The van der Waals surface area contributed by atoms with Crippen molar-refractivity contribution in [3.8, 4) is 5.75 Å². The smallest absolute Gasteiger partial charge is 0.222 e. The first-order valence-corrected chi connectivity index (χ1v) is 10.2. The molecule has 0 radical (unpaired) electrons. The third-order valence-electron chi connectivity index (χ3n) is 4.72. The monoisotopic (exact) mass is 399 g/mol. The van der Waals surface area contributed by atoms with Gasteiger partial charge in [-0.05, 0) is 43.0 Å². The van der Waals surface area contributed by atoms with Crippen LogP contribution in [0.2, 0.25) is 5.02 Å². The number of ether oxygens (including phenoxy) is 1. The van der Waals surface area contributed by atoms with Crippen molar-refractivity contribution in [1.82, 2.24) is 4.90 Å². The van der Waals surface area contributed by atoms with Crippen molar-refractivity contribution in [2.75, 3.05) is 20.2 Å². The maximum atomic E-state index is 12.7. The number of carbonyl (C=O) groups excluding carboxylic acids is 1. The van der Waals surface area contributed by atoms with Crippen molar-refractivity contribution >= 4 is 23.6 Å². The van der Waals surface area contributed by atoms with Gasteiger partial charge in [-0.15, -0.1) is 0 Å². The summed E-state index contributed by atoms with van der Waals surface area (Å²) in [6.07, 6.45) is 7.30. The molecule has 4 heteroatoms. The highest BCUT2D eigenvalue weighted by atomic mass is 35.5. The van der Waals surface area contributed by atoms with Gasteiger partial charge in [0.25, 0.3) is 0 Å². The van der Waals surface area contributed by atoms with E-state index in [0.717, 1.165) is 46.7 Å². The van der Waals surface area contributed by atoms with E-state index >= 15 is 0 Å². The summed E-state index contributed by atoms with van der Waals surface area (Å²) in [5, 5.41) is 0.769. The molecule has 28 heavy (non-hydrogen) atoms. The number of benzene rings is 2. The molecule has 2 aromatic carbocycles. The number of methoxy groups -OCH3 is 1. The van der Waals surface area contributed by atoms with Gasteiger partial charge in [0.1, 0.15) is 5.75 Å². The SMILES string of the molecule is CCCCC(=O)N(C/C=C/c1ccccc1OC)CCc1ccc(C)cc1Cl. The Labute approximate surface area is 174 Å². The zero-order chi connectivity index (χ0) is 20.4. The van der Waals surface area contributed by atoms with Gasteiger partial charge in [0, 0.05) is 30.1 Å². The molecule has 0 aliphatic heterocycles. The lowest BCUT2D eigenvalue weighted by molar-refractivity contribution is -0.130. The fourth-order valence-electron chi connectivity index (χ4n) is 3.03. The van der Waals surface area contributed by atoms with Crippen LogP contribution in [0.3, 0.4) is 0 Å². The van der Waals surface area contributed by atoms with E-state index in [4.69, 9.17) is 16.3 Å². The highest BCUT2D eigenvalue weighted by Gasteiger charge is 2.12. The van der Waals surface area contributed by atoms with Gasteiger partial charge in [0.15, 0.2) is 0 Å². The molecule has 0 atom stereocenters. The van der Waals surface area contributed by atoms with Gasteiger partial charge in [-0.2, -0.15) is 0 Å². The van der Waals surface area contributed by atoms with Gasteiger partial charge in [-0.1, -0.05) is 67.4 Å². The fourth-order valence-corrected chi connectivity index (χ4v) is 3.36. The van der Waals surface area contributed by atoms with Crippen molar-refractivity contribution in [2.45, 2.75) is 39.5 Å². The predicted molar refractivity (Wildman–Crippen MR) is 118 cm³/mol. The third kappa shape index (κ3) is 6.72. The quantitative estimate of drug-likeness (QED) is 0.495. The van der Waals surface area contributed by atoms with Crippen LogP contribution in [0.1, 0.15) is 42.9 Å². The lowest BCUT2D eigenvalue weighted by atomic mass is 10.1. The molecule has 0 bridgehead atoms. The van der Waals surface area contributed by atoms with Crippen LogP contribution in [0, 0.1) is 6.92 Å². The Bertz CT molecular complexity index is 801. The van der Waals surface area contributed by atoms with E-state index in [1.807, 2.05) is 54.3 Å². The summed E-state index contributed by atoms with van der Waals surface area (Å²) in [7, 11) is 1.67. The molecule has 0 aromatic heterocycles. The molecule has 3 nitrogen and oxygen atoms in total. The zero-order valence-electron chi connectivity index (χ0n) is 17.1. The Morgan fingerprint density at radius 2 is 2.00 bits per heavy atom. The van der Waals surface area contributed by atoms with E-state index in [2.05, 4.69) is 19.1 Å². The molecule has 0 saturated carbocycles. The topological polar surface area (TPSA) is 29.5 Å². The van der Waals surface area contributed by atoms with Gasteiger partial charge in [-0.3, -0.25) is 4.79 Å². The molecule has 0 unspecified atom stereocenters. The van der Waals surface area contributed by atoms with E-state index in [9.17, 15) is 4.79 Å². The van der Waals surface area contributed by atoms with Gasteiger partial charge in [0.2, 0.25) is 5.91 Å². The molecule has 2 rings (SSSR count). The molecule has 0 aliphatic carbocycles. The largest absolute Gasteiger partial charge is 0.496 e. The van der Waals surface area contributed by atoms with Crippen molar-refractivity contribution < 1.29 is 9.53 Å². The highest BCUT2D eigenvalue weighted by molar-refractivity contribution is 6.31. The summed E-state index contributed by atoms with van der Waals surface area (Å²) in [6, 6.07) is 14.0. The Hall–Kier alpha value is -2.26. The molecule has 0 N–H and O–H groups in total. The lowest BCUT2D eigenvalue weighted by Gasteiger charge is -2.22. The van der Waals surface area contributed by atoms with Gasteiger partial charge < -0.3 is 9.64 Å². The average Bonchev–Trinajstić information content (AvgIpc) is 2.70. The average molecular weight is 400 g/mol.